The molecular formula is C15H20N2O6. The first kappa shape index (κ1) is 18.6. The standard InChI is InChI=1S/C15H20N2O6/c1-10(18)22-8-7-17-14(20)12(13(16)19)15(21)23-9-11-5-3-2-4-6-11/h2-6,12-13,19H,7-9,16H2,1H3,(H,17,20). The van der Waals surface area contributed by atoms with Crippen molar-refractivity contribution in [2.45, 2.75) is 19.8 Å². The summed E-state index contributed by atoms with van der Waals surface area (Å²) in [6.45, 7) is 1.14. The summed E-state index contributed by atoms with van der Waals surface area (Å²) in [5.74, 6) is -3.79. The van der Waals surface area contributed by atoms with Crippen LogP contribution in [0.4, 0.5) is 0 Å². The minimum absolute atomic E-state index is 0.00635. The Morgan fingerprint density at radius 1 is 1.22 bits per heavy atom. The first-order chi connectivity index (χ1) is 10.9. The molecule has 126 valence electrons. The van der Waals surface area contributed by atoms with Crippen LogP contribution < -0.4 is 11.1 Å². The molecule has 0 fully saturated rings. The van der Waals surface area contributed by atoms with Crippen molar-refractivity contribution < 1.29 is 29.0 Å². The molecule has 0 saturated heterocycles. The van der Waals surface area contributed by atoms with E-state index >= 15 is 0 Å². The van der Waals surface area contributed by atoms with E-state index in [9.17, 15) is 19.5 Å². The van der Waals surface area contributed by atoms with E-state index in [1.54, 1.807) is 24.3 Å². The van der Waals surface area contributed by atoms with Crippen LogP contribution >= 0.6 is 0 Å². The quantitative estimate of drug-likeness (QED) is 0.250. The van der Waals surface area contributed by atoms with Gasteiger partial charge in [0.15, 0.2) is 5.92 Å². The summed E-state index contributed by atoms with van der Waals surface area (Å²) in [4.78, 5) is 34.4. The summed E-state index contributed by atoms with van der Waals surface area (Å²) in [6.07, 6.45) is -1.70. The fourth-order valence-corrected chi connectivity index (χ4v) is 1.70. The third-order valence-electron chi connectivity index (χ3n) is 2.81. The van der Waals surface area contributed by atoms with E-state index in [-0.39, 0.29) is 19.8 Å². The molecule has 0 aliphatic rings. The topological polar surface area (TPSA) is 128 Å². The molecule has 23 heavy (non-hydrogen) atoms. The molecule has 0 radical (unpaired) electrons. The highest BCUT2D eigenvalue weighted by Crippen LogP contribution is 2.07. The van der Waals surface area contributed by atoms with Crippen LogP contribution in [0, 0.1) is 5.92 Å². The van der Waals surface area contributed by atoms with Crippen LogP contribution in [0.1, 0.15) is 12.5 Å². The van der Waals surface area contributed by atoms with Crippen LogP contribution in [-0.4, -0.2) is 42.3 Å². The molecule has 1 amide bonds. The average molecular weight is 324 g/mol. The van der Waals surface area contributed by atoms with Crippen LogP contribution in [0.3, 0.4) is 0 Å². The number of aliphatic hydroxyl groups is 1. The monoisotopic (exact) mass is 324 g/mol. The van der Waals surface area contributed by atoms with E-state index in [0.717, 1.165) is 5.56 Å². The van der Waals surface area contributed by atoms with Crippen molar-refractivity contribution in [3.63, 3.8) is 0 Å². The maximum Gasteiger partial charge on any atom is 0.322 e. The van der Waals surface area contributed by atoms with E-state index in [0.29, 0.717) is 0 Å². The predicted octanol–water partition coefficient (Wildman–Crippen LogP) is -0.698. The Kier molecular flexibility index (Phi) is 7.72. The van der Waals surface area contributed by atoms with Crippen molar-refractivity contribution in [1.82, 2.24) is 5.32 Å². The molecule has 1 rings (SSSR count). The number of ether oxygens (including phenoxy) is 2. The van der Waals surface area contributed by atoms with Gasteiger partial charge in [-0.25, -0.2) is 0 Å². The number of aliphatic hydroxyl groups excluding tert-OH is 1. The molecule has 0 heterocycles. The first-order valence-electron chi connectivity index (χ1n) is 6.97. The molecule has 4 N–H and O–H groups in total. The number of amides is 1. The van der Waals surface area contributed by atoms with E-state index in [2.05, 4.69) is 10.1 Å². The highest BCUT2D eigenvalue weighted by atomic mass is 16.5. The maximum atomic E-state index is 11.9. The van der Waals surface area contributed by atoms with E-state index in [4.69, 9.17) is 10.5 Å². The normalized spacial score (nSPS) is 12.8. The lowest BCUT2D eigenvalue weighted by Gasteiger charge is -2.18. The van der Waals surface area contributed by atoms with Gasteiger partial charge in [0.1, 0.15) is 19.4 Å². The Bertz CT molecular complexity index is 532. The van der Waals surface area contributed by atoms with Gasteiger partial charge in [0, 0.05) is 6.92 Å². The fourth-order valence-electron chi connectivity index (χ4n) is 1.70. The van der Waals surface area contributed by atoms with Gasteiger partial charge in [-0.05, 0) is 5.56 Å². The molecule has 0 bridgehead atoms. The second kappa shape index (κ2) is 9.54. The van der Waals surface area contributed by atoms with Crippen molar-refractivity contribution >= 4 is 17.8 Å². The van der Waals surface area contributed by atoms with Crippen molar-refractivity contribution in [3.8, 4) is 0 Å². The van der Waals surface area contributed by atoms with Crippen molar-refractivity contribution in [3.05, 3.63) is 35.9 Å². The van der Waals surface area contributed by atoms with Crippen molar-refractivity contribution in [2.75, 3.05) is 13.2 Å². The molecule has 8 heteroatoms. The van der Waals surface area contributed by atoms with Gasteiger partial charge in [-0.3, -0.25) is 14.4 Å². The number of nitrogens with one attached hydrogen (secondary N) is 1. The minimum atomic E-state index is -1.70. The lowest BCUT2D eigenvalue weighted by atomic mass is 10.1. The van der Waals surface area contributed by atoms with Crippen molar-refractivity contribution in [2.24, 2.45) is 11.7 Å². The van der Waals surface area contributed by atoms with Crippen LogP contribution in [0.15, 0.2) is 30.3 Å². The summed E-state index contributed by atoms with van der Waals surface area (Å²) in [5.41, 5.74) is 6.01. The summed E-state index contributed by atoms with van der Waals surface area (Å²) >= 11 is 0. The Morgan fingerprint density at radius 3 is 2.43 bits per heavy atom. The smallest absolute Gasteiger partial charge is 0.322 e. The number of esters is 2. The minimum Gasteiger partial charge on any atom is -0.464 e. The molecule has 2 atom stereocenters. The Hall–Kier alpha value is -2.45. The first-order valence-corrected chi connectivity index (χ1v) is 6.97. The number of nitrogens with two attached hydrogens (primary N) is 1. The number of carbonyl (C=O) groups is 3. The lowest BCUT2D eigenvalue weighted by Crippen LogP contribution is -2.47. The number of carbonyl (C=O) groups excluding carboxylic acids is 3. The maximum absolute atomic E-state index is 11.9. The number of hydrogen-bond donors (Lipinski definition) is 3. The van der Waals surface area contributed by atoms with Gasteiger partial charge in [0.2, 0.25) is 5.91 Å². The average Bonchev–Trinajstić information content (AvgIpc) is 2.50. The molecule has 0 spiro atoms. The van der Waals surface area contributed by atoms with Gasteiger partial charge >= 0.3 is 11.9 Å². The van der Waals surface area contributed by atoms with Gasteiger partial charge in [0.05, 0.1) is 6.54 Å². The summed E-state index contributed by atoms with van der Waals surface area (Å²) in [7, 11) is 0. The highest BCUT2D eigenvalue weighted by molar-refractivity contribution is 5.98. The SMILES string of the molecule is CC(=O)OCCNC(=O)C(C(=O)OCc1ccccc1)C(N)O. The Balaban J connectivity index is 2.50. The second-order valence-corrected chi connectivity index (χ2v) is 4.69. The molecule has 2 unspecified atom stereocenters. The van der Waals surface area contributed by atoms with E-state index < -0.39 is 30.0 Å². The molecule has 1 aromatic carbocycles. The lowest BCUT2D eigenvalue weighted by molar-refractivity contribution is -0.158. The summed E-state index contributed by atoms with van der Waals surface area (Å²) < 4.78 is 9.63. The van der Waals surface area contributed by atoms with Crippen LogP contribution in [-0.2, 0) is 30.5 Å². The number of hydrogen-bond acceptors (Lipinski definition) is 7. The van der Waals surface area contributed by atoms with E-state index in [1.165, 1.54) is 6.92 Å². The van der Waals surface area contributed by atoms with Crippen LogP contribution in [0.5, 0.6) is 0 Å². The molecule has 0 saturated carbocycles. The summed E-state index contributed by atoms with van der Waals surface area (Å²) in [5, 5.41) is 11.8. The van der Waals surface area contributed by atoms with Crippen LogP contribution in [0.2, 0.25) is 0 Å². The molecule has 8 nitrogen and oxygen atoms in total. The zero-order valence-corrected chi connectivity index (χ0v) is 12.7. The van der Waals surface area contributed by atoms with Gasteiger partial charge < -0.3 is 25.6 Å². The van der Waals surface area contributed by atoms with Crippen LogP contribution in [0.25, 0.3) is 0 Å². The van der Waals surface area contributed by atoms with E-state index in [1.807, 2.05) is 6.07 Å². The highest BCUT2D eigenvalue weighted by Gasteiger charge is 2.33. The second-order valence-electron chi connectivity index (χ2n) is 4.69. The fraction of sp³-hybridized carbons (Fsp3) is 0.400. The zero-order valence-electron chi connectivity index (χ0n) is 12.7. The third-order valence-corrected chi connectivity index (χ3v) is 2.81. The molecule has 0 aliphatic carbocycles. The molecule has 1 aromatic rings. The molecule has 0 aromatic heterocycles. The Morgan fingerprint density at radius 2 is 1.87 bits per heavy atom. The predicted molar refractivity (Wildman–Crippen MR) is 79.6 cm³/mol. The molecule has 0 aliphatic heterocycles. The van der Waals surface area contributed by atoms with Gasteiger partial charge in [0.25, 0.3) is 0 Å². The van der Waals surface area contributed by atoms with Gasteiger partial charge in [-0.15, -0.1) is 0 Å². The molecular weight excluding hydrogens is 304 g/mol. The van der Waals surface area contributed by atoms with Crippen molar-refractivity contribution in [1.29, 1.82) is 0 Å². The van der Waals surface area contributed by atoms with Gasteiger partial charge in [-0.2, -0.15) is 0 Å². The third kappa shape index (κ3) is 6.90. The van der Waals surface area contributed by atoms with Gasteiger partial charge in [-0.1, -0.05) is 30.3 Å². The number of benzene rings is 1. The Labute approximate surface area is 133 Å². The summed E-state index contributed by atoms with van der Waals surface area (Å²) in [6, 6.07) is 8.87. The zero-order chi connectivity index (χ0) is 17.2. The largest absolute Gasteiger partial charge is 0.464 e. The number of rotatable bonds is 8.